The van der Waals surface area contributed by atoms with Crippen LogP contribution in [0.3, 0.4) is 0 Å². The Hall–Kier alpha value is -3.32. The molecule has 0 amide bonds. The second-order valence-corrected chi connectivity index (χ2v) is 7.57. The third kappa shape index (κ3) is 5.06. The lowest BCUT2D eigenvalue weighted by Crippen LogP contribution is -2.20. The van der Waals surface area contributed by atoms with Crippen molar-refractivity contribution in [3.05, 3.63) is 71.4 Å². The van der Waals surface area contributed by atoms with E-state index >= 15 is 0 Å². The Morgan fingerprint density at radius 3 is 2.65 bits per heavy atom. The summed E-state index contributed by atoms with van der Waals surface area (Å²) in [6.07, 6.45) is 3.01. The van der Waals surface area contributed by atoms with E-state index in [0.717, 1.165) is 41.2 Å². The fourth-order valence-corrected chi connectivity index (χ4v) is 3.50. The number of aryl methyl sites for hydroxylation is 2. The Morgan fingerprint density at radius 1 is 1.16 bits per heavy atom. The Labute approximate surface area is 182 Å². The summed E-state index contributed by atoms with van der Waals surface area (Å²) in [5, 5.41) is 8.58. The van der Waals surface area contributed by atoms with Crippen molar-refractivity contribution in [2.45, 2.75) is 33.0 Å². The van der Waals surface area contributed by atoms with Gasteiger partial charge in [0.2, 0.25) is 5.88 Å². The first kappa shape index (κ1) is 20.9. The zero-order chi connectivity index (χ0) is 21.6. The summed E-state index contributed by atoms with van der Waals surface area (Å²) < 4.78 is 13.4. The third-order valence-electron chi connectivity index (χ3n) is 5.31. The maximum Gasteiger partial charge on any atom is 0.226 e. The molecular formula is C24H28N4O3. The van der Waals surface area contributed by atoms with Gasteiger partial charge in [0.25, 0.3) is 0 Å². The van der Waals surface area contributed by atoms with Gasteiger partial charge in [-0.1, -0.05) is 42.4 Å². The van der Waals surface area contributed by atoms with Crippen LogP contribution in [0.5, 0.6) is 11.6 Å². The van der Waals surface area contributed by atoms with Gasteiger partial charge < -0.3 is 19.2 Å². The molecule has 1 saturated heterocycles. The van der Waals surface area contributed by atoms with Gasteiger partial charge in [-0.15, -0.1) is 0 Å². The molecule has 0 spiro atoms. The van der Waals surface area contributed by atoms with E-state index < -0.39 is 0 Å². The molecule has 1 aromatic heterocycles. The molecular weight excluding hydrogens is 392 g/mol. The third-order valence-corrected chi connectivity index (χ3v) is 5.31. The smallest absolute Gasteiger partial charge is 0.226 e. The van der Waals surface area contributed by atoms with Gasteiger partial charge in [-0.05, 0) is 43.2 Å². The summed E-state index contributed by atoms with van der Waals surface area (Å²) in [4.78, 5) is 7.78. The highest BCUT2D eigenvalue weighted by molar-refractivity contribution is 5.84. The highest BCUT2D eigenvalue weighted by Crippen LogP contribution is 2.26. The monoisotopic (exact) mass is 420 g/mol. The van der Waals surface area contributed by atoms with Crippen LogP contribution in [0.2, 0.25) is 0 Å². The molecule has 7 heteroatoms. The van der Waals surface area contributed by atoms with Gasteiger partial charge in [0.15, 0.2) is 0 Å². The van der Waals surface area contributed by atoms with Gasteiger partial charge >= 0.3 is 0 Å². The van der Waals surface area contributed by atoms with Gasteiger partial charge in [-0.2, -0.15) is 5.10 Å². The number of nitrogens with zero attached hydrogens (tertiary/aromatic N) is 4. The number of rotatable bonds is 8. The Bertz CT molecular complexity index is 1020. The van der Waals surface area contributed by atoms with Crippen LogP contribution in [0.4, 0.5) is 5.69 Å². The second kappa shape index (κ2) is 9.66. The van der Waals surface area contributed by atoms with Crippen LogP contribution in [0.15, 0.2) is 59.8 Å². The second-order valence-electron chi connectivity index (χ2n) is 7.57. The van der Waals surface area contributed by atoms with E-state index in [9.17, 15) is 0 Å². The fourth-order valence-electron chi connectivity index (χ4n) is 3.50. The van der Waals surface area contributed by atoms with Crippen molar-refractivity contribution in [1.82, 2.24) is 9.78 Å². The molecule has 7 nitrogen and oxygen atoms in total. The highest BCUT2D eigenvalue weighted by atomic mass is 16.6. The Balaban J connectivity index is 1.35. The number of para-hydroxylation sites is 1. The van der Waals surface area contributed by atoms with Crippen molar-refractivity contribution in [3.8, 4) is 11.6 Å². The average molecular weight is 421 g/mol. The summed E-state index contributed by atoms with van der Waals surface area (Å²) in [7, 11) is 1.85. The predicted molar refractivity (Wildman–Crippen MR) is 121 cm³/mol. The fraction of sp³-hybridized carbons (Fsp3) is 0.333. The maximum atomic E-state index is 5.99. The number of hydrogen-bond acceptors (Lipinski definition) is 6. The quantitative estimate of drug-likeness (QED) is 0.392. The number of aromatic nitrogens is 2. The summed E-state index contributed by atoms with van der Waals surface area (Å²) in [6.45, 7) is 6.05. The molecule has 1 atom stereocenters. The molecule has 31 heavy (non-hydrogen) atoms. The van der Waals surface area contributed by atoms with E-state index in [-0.39, 0.29) is 0 Å². The number of hydrogen-bond donors (Lipinski definition) is 0. The van der Waals surface area contributed by atoms with Crippen LogP contribution >= 0.6 is 0 Å². The average Bonchev–Trinajstić information content (AvgIpc) is 3.37. The molecule has 0 bridgehead atoms. The first-order valence-corrected chi connectivity index (χ1v) is 10.5. The summed E-state index contributed by atoms with van der Waals surface area (Å²) in [6, 6.07) is 17.9. The van der Waals surface area contributed by atoms with Gasteiger partial charge in [-0.25, -0.2) is 4.68 Å². The molecule has 0 N–H and O–H groups in total. The first-order chi connectivity index (χ1) is 15.1. The van der Waals surface area contributed by atoms with Crippen molar-refractivity contribution >= 4 is 11.9 Å². The van der Waals surface area contributed by atoms with Crippen LogP contribution in [0.1, 0.15) is 30.2 Å². The molecule has 1 fully saturated rings. The zero-order valence-corrected chi connectivity index (χ0v) is 18.2. The molecule has 4 rings (SSSR count). The molecule has 0 saturated carbocycles. The van der Waals surface area contributed by atoms with Crippen LogP contribution in [-0.4, -0.2) is 35.4 Å². The lowest BCUT2D eigenvalue weighted by Gasteiger charge is -2.16. The Morgan fingerprint density at radius 2 is 1.94 bits per heavy atom. The summed E-state index contributed by atoms with van der Waals surface area (Å²) in [5.41, 5.74) is 3.83. The SMILES string of the molecule is CCC1CN(c2ccc(CON=Cc3c(C)nn(C)c3Oc3ccccc3)cc2)CO1. The van der Waals surface area contributed by atoms with E-state index in [4.69, 9.17) is 14.3 Å². The van der Waals surface area contributed by atoms with E-state index in [2.05, 4.69) is 46.3 Å². The van der Waals surface area contributed by atoms with E-state index in [1.54, 1.807) is 10.9 Å². The summed E-state index contributed by atoms with van der Waals surface area (Å²) >= 11 is 0. The number of oxime groups is 1. The maximum absolute atomic E-state index is 5.99. The van der Waals surface area contributed by atoms with E-state index in [1.807, 2.05) is 44.3 Å². The van der Waals surface area contributed by atoms with Crippen molar-refractivity contribution in [2.75, 3.05) is 18.2 Å². The molecule has 0 radical (unpaired) electrons. The molecule has 1 aliphatic rings. The van der Waals surface area contributed by atoms with Gasteiger partial charge in [0, 0.05) is 19.3 Å². The van der Waals surface area contributed by atoms with Gasteiger partial charge in [0.05, 0.1) is 23.6 Å². The van der Waals surface area contributed by atoms with E-state index in [0.29, 0.717) is 25.3 Å². The molecule has 2 heterocycles. The normalized spacial score (nSPS) is 16.2. The minimum absolute atomic E-state index is 0.323. The lowest BCUT2D eigenvalue weighted by atomic mass is 10.2. The van der Waals surface area contributed by atoms with Crippen LogP contribution in [-0.2, 0) is 23.2 Å². The molecule has 1 unspecified atom stereocenters. The standard InChI is InChI=1S/C24H28N4O3/c1-4-21-15-28(17-29-21)20-12-10-19(11-13-20)16-30-25-14-23-18(2)26-27(3)24(23)31-22-8-6-5-7-9-22/h5-14,21H,4,15-17H2,1-3H3. The molecule has 3 aromatic rings. The van der Waals surface area contributed by atoms with Crippen LogP contribution < -0.4 is 9.64 Å². The summed E-state index contributed by atoms with van der Waals surface area (Å²) in [5.74, 6) is 1.37. The van der Waals surface area contributed by atoms with E-state index in [1.165, 1.54) is 0 Å². The molecule has 0 aliphatic carbocycles. The minimum Gasteiger partial charge on any atom is -0.439 e. The van der Waals surface area contributed by atoms with Crippen molar-refractivity contribution in [1.29, 1.82) is 0 Å². The van der Waals surface area contributed by atoms with Crippen LogP contribution in [0.25, 0.3) is 0 Å². The van der Waals surface area contributed by atoms with Crippen LogP contribution in [0, 0.1) is 6.92 Å². The topological polar surface area (TPSA) is 61.1 Å². The highest BCUT2D eigenvalue weighted by Gasteiger charge is 2.21. The van der Waals surface area contributed by atoms with Crippen molar-refractivity contribution < 1.29 is 14.3 Å². The van der Waals surface area contributed by atoms with Gasteiger partial charge in [0.1, 0.15) is 19.1 Å². The minimum atomic E-state index is 0.323. The number of benzene rings is 2. The largest absolute Gasteiger partial charge is 0.439 e. The lowest BCUT2D eigenvalue weighted by molar-refractivity contribution is 0.113. The number of ether oxygens (including phenoxy) is 2. The number of anilines is 1. The molecule has 1 aliphatic heterocycles. The molecule has 2 aromatic carbocycles. The predicted octanol–water partition coefficient (Wildman–Crippen LogP) is 4.64. The zero-order valence-electron chi connectivity index (χ0n) is 18.2. The van der Waals surface area contributed by atoms with Crippen molar-refractivity contribution in [3.63, 3.8) is 0 Å². The van der Waals surface area contributed by atoms with Gasteiger partial charge in [-0.3, -0.25) is 0 Å². The first-order valence-electron chi connectivity index (χ1n) is 10.5. The molecule has 162 valence electrons. The Kier molecular flexibility index (Phi) is 6.52. The van der Waals surface area contributed by atoms with Crippen molar-refractivity contribution in [2.24, 2.45) is 12.2 Å².